The first-order chi connectivity index (χ1) is 23.3. The molecule has 1 aliphatic rings. The highest BCUT2D eigenvalue weighted by Gasteiger charge is 2.31. The van der Waals surface area contributed by atoms with Crippen molar-refractivity contribution in [1.82, 2.24) is 40.8 Å². The van der Waals surface area contributed by atoms with E-state index in [0.29, 0.717) is 27.6 Å². The summed E-state index contributed by atoms with van der Waals surface area (Å²) in [5.41, 5.74) is 2.11. The van der Waals surface area contributed by atoms with Crippen LogP contribution in [-0.2, 0) is 16.0 Å². The van der Waals surface area contributed by atoms with E-state index in [4.69, 9.17) is 9.15 Å². The van der Waals surface area contributed by atoms with E-state index in [1.165, 1.54) is 23.3 Å². The zero-order chi connectivity index (χ0) is 35.4. The van der Waals surface area contributed by atoms with Crippen molar-refractivity contribution in [2.24, 2.45) is 11.8 Å². The van der Waals surface area contributed by atoms with E-state index in [9.17, 15) is 19.2 Å². The maximum atomic E-state index is 13.8. The number of rotatable bonds is 6. The summed E-state index contributed by atoms with van der Waals surface area (Å²) >= 11 is 1.26. The van der Waals surface area contributed by atoms with E-state index in [1.54, 1.807) is 19.2 Å². The number of hydrogen-bond acceptors (Lipinski definition) is 11. The number of oxazole rings is 1. The summed E-state index contributed by atoms with van der Waals surface area (Å²) in [6.45, 7) is 10.8. The Balaban J connectivity index is 1.44. The molecule has 49 heavy (non-hydrogen) atoms. The molecule has 14 nitrogen and oxygen atoms in total. The van der Waals surface area contributed by atoms with Gasteiger partial charge in [-0.05, 0) is 37.8 Å². The third-order valence-corrected chi connectivity index (χ3v) is 9.11. The highest BCUT2D eigenvalue weighted by Crippen LogP contribution is 2.28. The number of benzene rings is 1. The van der Waals surface area contributed by atoms with Gasteiger partial charge in [0, 0.05) is 30.8 Å². The van der Waals surface area contributed by atoms with Crippen molar-refractivity contribution < 1.29 is 28.3 Å². The van der Waals surface area contributed by atoms with Crippen LogP contribution in [0.15, 0.2) is 34.1 Å². The monoisotopic (exact) mass is 690 g/mol. The average Bonchev–Trinajstić information content (AvgIpc) is 3.70. The van der Waals surface area contributed by atoms with Crippen LogP contribution in [0, 0.1) is 18.8 Å². The number of carbonyl (C=O) groups is 4. The lowest BCUT2D eigenvalue weighted by atomic mass is 10.0. The summed E-state index contributed by atoms with van der Waals surface area (Å²) in [6.07, 6.45) is 0.230. The second-order valence-electron chi connectivity index (χ2n) is 12.8. The minimum absolute atomic E-state index is 0.0121. The Bertz CT molecular complexity index is 1850. The molecule has 1 aromatic carbocycles. The van der Waals surface area contributed by atoms with Crippen molar-refractivity contribution in [3.63, 3.8) is 0 Å². The Kier molecular flexibility index (Phi) is 10.9. The van der Waals surface area contributed by atoms with Gasteiger partial charge in [-0.25, -0.2) is 19.9 Å². The molecule has 0 aliphatic carbocycles. The van der Waals surface area contributed by atoms with Gasteiger partial charge in [-0.3, -0.25) is 19.2 Å². The van der Waals surface area contributed by atoms with E-state index >= 15 is 0 Å². The Hall–Kier alpha value is -4.92. The molecule has 0 spiro atoms. The standard InChI is InChI=1S/C34H42N8O6S/c1-17(2)27-33-41-29(20(6)48-33)31(46)35-19(5)14-42(15-25(43)39-28(18(3)4)34-38-24(16-49-34)30(45)40-27)26(44)13-12-23-32(47-7)37-22-11-9-8-10-21(22)36-23/h8-11,16-19,27-28H,12-15H2,1-7H3,(H,35,46)(H,39,43)(H,40,45)/t19-,27-,28+/m1/s1. The van der Waals surface area contributed by atoms with Crippen molar-refractivity contribution in [1.29, 1.82) is 0 Å². The van der Waals surface area contributed by atoms with Crippen molar-refractivity contribution in [3.05, 3.63) is 63.4 Å². The quantitative estimate of drug-likeness (QED) is 0.268. The summed E-state index contributed by atoms with van der Waals surface area (Å²) in [6, 6.07) is 5.67. The maximum absolute atomic E-state index is 13.8. The molecular formula is C34H42N8O6S. The Morgan fingerprint density at radius 1 is 0.980 bits per heavy atom. The average molecular weight is 691 g/mol. The van der Waals surface area contributed by atoms with Gasteiger partial charge in [0.2, 0.25) is 23.6 Å². The fourth-order valence-corrected chi connectivity index (χ4v) is 6.60. The van der Waals surface area contributed by atoms with Crippen LogP contribution in [0.1, 0.15) is 96.5 Å². The topological polar surface area (TPSA) is 182 Å². The lowest BCUT2D eigenvalue weighted by Crippen LogP contribution is -2.48. The number of para-hydroxylation sites is 2. The van der Waals surface area contributed by atoms with Crippen LogP contribution in [0.5, 0.6) is 5.88 Å². The predicted octanol–water partition coefficient (Wildman–Crippen LogP) is 3.93. The van der Waals surface area contributed by atoms with Crippen molar-refractivity contribution >= 4 is 46.0 Å². The SMILES string of the molecule is COc1nc2ccccc2nc1CCC(=O)N1CC(=O)N[C@@H](C(C)C)c2nc(cs2)C(=O)N[C@H](C(C)C)c2nc(c(C)o2)C(=O)N[C@H](C)C1. The number of methoxy groups -OCH3 is 1. The van der Waals surface area contributed by atoms with Gasteiger partial charge < -0.3 is 30.0 Å². The van der Waals surface area contributed by atoms with Crippen LogP contribution >= 0.6 is 11.3 Å². The van der Waals surface area contributed by atoms with E-state index < -0.39 is 35.8 Å². The molecule has 260 valence electrons. The second-order valence-corrected chi connectivity index (χ2v) is 13.7. The minimum atomic E-state index is -0.631. The zero-order valence-corrected chi connectivity index (χ0v) is 29.5. The van der Waals surface area contributed by atoms with E-state index in [2.05, 4.69) is 35.9 Å². The number of fused-ring (bicyclic) bond motifs is 5. The van der Waals surface area contributed by atoms with Crippen LogP contribution < -0.4 is 20.7 Å². The van der Waals surface area contributed by atoms with E-state index in [0.717, 1.165) is 0 Å². The molecule has 0 unspecified atom stereocenters. The minimum Gasteiger partial charge on any atom is -0.480 e. The third kappa shape index (κ3) is 8.21. The molecule has 0 saturated carbocycles. The third-order valence-electron chi connectivity index (χ3n) is 8.19. The normalized spacial score (nSPS) is 19.3. The van der Waals surface area contributed by atoms with Gasteiger partial charge >= 0.3 is 0 Å². The molecule has 3 atom stereocenters. The smallest absolute Gasteiger partial charge is 0.273 e. The molecule has 3 aromatic heterocycles. The Morgan fingerprint density at radius 3 is 2.35 bits per heavy atom. The van der Waals surface area contributed by atoms with Crippen LogP contribution in [0.3, 0.4) is 0 Å². The molecule has 0 fully saturated rings. The summed E-state index contributed by atoms with van der Waals surface area (Å²) in [5.74, 6) is -1.06. The molecule has 4 amide bonds. The van der Waals surface area contributed by atoms with Crippen molar-refractivity contribution in [3.8, 4) is 5.88 Å². The maximum Gasteiger partial charge on any atom is 0.273 e. The van der Waals surface area contributed by atoms with Crippen molar-refractivity contribution in [2.75, 3.05) is 20.2 Å². The molecule has 4 bridgehead atoms. The Morgan fingerprint density at radius 2 is 1.67 bits per heavy atom. The fourth-order valence-electron chi connectivity index (χ4n) is 5.58. The van der Waals surface area contributed by atoms with Gasteiger partial charge in [0.1, 0.15) is 28.2 Å². The summed E-state index contributed by atoms with van der Waals surface area (Å²) in [5, 5.41) is 11.0. The van der Waals surface area contributed by atoms with Crippen LogP contribution in [-0.4, -0.2) is 74.7 Å². The molecular weight excluding hydrogens is 648 g/mol. The summed E-state index contributed by atoms with van der Waals surface area (Å²) in [7, 11) is 1.50. The van der Waals surface area contributed by atoms with Crippen LogP contribution in [0.4, 0.5) is 0 Å². The molecule has 0 saturated heterocycles. The Labute approximate surface area is 288 Å². The van der Waals surface area contributed by atoms with E-state index in [-0.39, 0.29) is 66.7 Å². The van der Waals surface area contributed by atoms with Crippen LogP contribution in [0.2, 0.25) is 0 Å². The van der Waals surface area contributed by atoms with Crippen LogP contribution in [0.25, 0.3) is 11.0 Å². The number of nitrogens with zero attached hydrogens (tertiary/aromatic N) is 5. The molecule has 15 heteroatoms. The fraction of sp³-hybridized carbons (Fsp3) is 0.471. The number of ether oxygens (including phenoxy) is 1. The number of thiazole rings is 1. The number of amides is 4. The number of hydrogen-bond donors (Lipinski definition) is 3. The number of aromatic nitrogens is 4. The van der Waals surface area contributed by atoms with Gasteiger partial charge in [0.15, 0.2) is 5.69 Å². The molecule has 4 aromatic rings. The van der Waals surface area contributed by atoms with Gasteiger partial charge in [-0.1, -0.05) is 39.8 Å². The second kappa shape index (κ2) is 15.1. The highest BCUT2D eigenvalue weighted by atomic mass is 32.1. The van der Waals surface area contributed by atoms with Gasteiger partial charge in [0.25, 0.3) is 11.8 Å². The highest BCUT2D eigenvalue weighted by molar-refractivity contribution is 7.09. The molecule has 4 heterocycles. The number of carbonyl (C=O) groups excluding carboxylic acids is 4. The molecule has 0 radical (unpaired) electrons. The zero-order valence-electron chi connectivity index (χ0n) is 28.7. The van der Waals surface area contributed by atoms with E-state index in [1.807, 2.05) is 52.0 Å². The first kappa shape index (κ1) is 35.4. The van der Waals surface area contributed by atoms with Gasteiger partial charge in [-0.15, -0.1) is 11.3 Å². The molecule has 5 rings (SSSR count). The predicted molar refractivity (Wildman–Crippen MR) is 182 cm³/mol. The summed E-state index contributed by atoms with van der Waals surface area (Å²) in [4.78, 5) is 73.7. The number of aryl methyl sites for hydroxylation is 2. The first-order valence-electron chi connectivity index (χ1n) is 16.3. The first-order valence-corrected chi connectivity index (χ1v) is 17.1. The lowest BCUT2D eigenvalue weighted by Gasteiger charge is -2.28. The lowest BCUT2D eigenvalue weighted by molar-refractivity contribution is -0.136. The van der Waals surface area contributed by atoms with Gasteiger partial charge in [-0.2, -0.15) is 0 Å². The summed E-state index contributed by atoms with van der Waals surface area (Å²) < 4.78 is 11.4. The molecule has 1 aliphatic heterocycles. The number of nitrogens with one attached hydrogen (secondary N) is 3. The van der Waals surface area contributed by atoms with Gasteiger partial charge in [0.05, 0.1) is 30.7 Å². The van der Waals surface area contributed by atoms with Crippen molar-refractivity contribution in [2.45, 2.75) is 72.5 Å². The largest absolute Gasteiger partial charge is 0.480 e. The molecule has 3 N–H and O–H groups in total.